The highest BCUT2D eigenvalue weighted by Gasteiger charge is 2.05. The molecule has 0 aliphatic carbocycles. The van der Waals surface area contributed by atoms with Crippen molar-refractivity contribution in [2.75, 3.05) is 24.1 Å². The Balaban J connectivity index is 2.33. The van der Waals surface area contributed by atoms with Crippen LogP contribution in [0.15, 0.2) is 6.07 Å². The minimum absolute atomic E-state index is 0.0147. The standard InChI is InChI=1S/C10H16ClN5O/c1-6(2)9(17)14-4-3-13-8-5-7(11)15-10(12)16-8/h5-6H,3-4H2,1-2H3,(H,14,17)(H3,12,13,15,16). The van der Waals surface area contributed by atoms with Crippen LogP contribution >= 0.6 is 11.6 Å². The molecule has 0 bridgehead atoms. The maximum Gasteiger partial charge on any atom is 0.223 e. The molecule has 1 rings (SSSR count). The number of carbonyl (C=O) groups is 1. The quantitative estimate of drug-likeness (QED) is 0.538. The number of nitrogens with zero attached hydrogens (tertiary/aromatic N) is 2. The fourth-order valence-corrected chi connectivity index (χ4v) is 1.30. The fourth-order valence-electron chi connectivity index (χ4n) is 1.11. The van der Waals surface area contributed by atoms with Gasteiger partial charge >= 0.3 is 0 Å². The van der Waals surface area contributed by atoms with Crippen LogP contribution in [-0.4, -0.2) is 29.0 Å². The summed E-state index contributed by atoms with van der Waals surface area (Å²) in [7, 11) is 0. The van der Waals surface area contributed by atoms with Crippen LogP contribution in [0.4, 0.5) is 11.8 Å². The lowest BCUT2D eigenvalue weighted by Gasteiger charge is -2.09. The maximum absolute atomic E-state index is 11.3. The molecule has 0 atom stereocenters. The fraction of sp³-hybridized carbons (Fsp3) is 0.500. The first-order valence-electron chi connectivity index (χ1n) is 5.30. The summed E-state index contributed by atoms with van der Waals surface area (Å²) in [5.41, 5.74) is 5.44. The molecular formula is C10H16ClN5O. The smallest absolute Gasteiger partial charge is 0.223 e. The number of anilines is 2. The lowest BCUT2D eigenvalue weighted by molar-refractivity contribution is -0.123. The Bertz CT molecular complexity index is 376. The molecule has 0 saturated carbocycles. The van der Waals surface area contributed by atoms with Crippen molar-refractivity contribution < 1.29 is 4.79 Å². The minimum Gasteiger partial charge on any atom is -0.368 e. The van der Waals surface area contributed by atoms with E-state index >= 15 is 0 Å². The molecule has 17 heavy (non-hydrogen) atoms. The predicted molar refractivity (Wildman–Crippen MR) is 67.8 cm³/mol. The third kappa shape index (κ3) is 4.86. The second-order valence-electron chi connectivity index (χ2n) is 3.81. The van der Waals surface area contributed by atoms with E-state index in [1.165, 1.54) is 0 Å². The number of aromatic nitrogens is 2. The van der Waals surface area contributed by atoms with Crippen LogP contribution < -0.4 is 16.4 Å². The van der Waals surface area contributed by atoms with Crippen LogP contribution in [0, 0.1) is 5.92 Å². The molecule has 0 aliphatic heterocycles. The van der Waals surface area contributed by atoms with Crippen LogP contribution in [0.5, 0.6) is 0 Å². The van der Waals surface area contributed by atoms with Crippen molar-refractivity contribution in [3.8, 4) is 0 Å². The molecule has 6 nitrogen and oxygen atoms in total. The van der Waals surface area contributed by atoms with Gasteiger partial charge in [0.2, 0.25) is 11.9 Å². The first-order valence-corrected chi connectivity index (χ1v) is 5.68. The average molecular weight is 258 g/mol. The highest BCUT2D eigenvalue weighted by molar-refractivity contribution is 6.29. The summed E-state index contributed by atoms with van der Waals surface area (Å²) < 4.78 is 0. The Morgan fingerprint density at radius 1 is 1.47 bits per heavy atom. The van der Waals surface area contributed by atoms with Crippen molar-refractivity contribution in [3.63, 3.8) is 0 Å². The number of halogens is 1. The summed E-state index contributed by atoms with van der Waals surface area (Å²) in [6.45, 7) is 4.74. The topological polar surface area (TPSA) is 92.9 Å². The van der Waals surface area contributed by atoms with Crippen molar-refractivity contribution in [1.82, 2.24) is 15.3 Å². The zero-order valence-electron chi connectivity index (χ0n) is 9.83. The van der Waals surface area contributed by atoms with Crippen LogP contribution in [0.25, 0.3) is 0 Å². The molecule has 0 unspecified atom stereocenters. The van der Waals surface area contributed by atoms with Crippen molar-refractivity contribution >= 4 is 29.3 Å². The Kier molecular flexibility index (Phi) is 4.96. The second kappa shape index (κ2) is 6.24. The van der Waals surface area contributed by atoms with Gasteiger partial charge in [-0.3, -0.25) is 4.79 Å². The van der Waals surface area contributed by atoms with Crippen molar-refractivity contribution in [3.05, 3.63) is 11.2 Å². The number of amides is 1. The zero-order valence-corrected chi connectivity index (χ0v) is 10.6. The molecule has 0 radical (unpaired) electrons. The van der Waals surface area contributed by atoms with Crippen molar-refractivity contribution in [2.24, 2.45) is 5.92 Å². The minimum atomic E-state index is -0.0147. The van der Waals surface area contributed by atoms with Gasteiger partial charge in [-0.25, -0.2) is 4.98 Å². The highest BCUT2D eigenvalue weighted by Crippen LogP contribution is 2.11. The molecule has 1 amide bonds. The summed E-state index contributed by atoms with van der Waals surface area (Å²) in [5, 5.41) is 6.05. The van der Waals surface area contributed by atoms with Gasteiger partial charge in [-0.05, 0) is 0 Å². The molecule has 0 spiro atoms. The SMILES string of the molecule is CC(C)C(=O)NCCNc1cc(Cl)nc(N)n1. The highest BCUT2D eigenvalue weighted by atomic mass is 35.5. The molecular weight excluding hydrogens is 242 g/mol. The van der Waals surface area contributed by atoms with Gasteiger partial charge in [0.25, 0.3) is 0 Å². The van der Waals surface area contributed by atoms with Gasteiger partial charge in [-0.15, -0.1) is 0 Å². The zero-order chi connectivity index (χ0) is 12.8. The molecule has 1 aromatic heterocycles. The molecule has 4 N–H and O–H groups in total. The molecule has 1 heterocycles. The molecule has 0 aromatic carbocycles. The number of nitrogen functional groups attached to an aromatic ring is 1. The monoisotopic (exact) mass is 257 g/mol. The molecule has 0 saturated heterocycles. The van der Waals surface area contributed by atoms with E-state index in [0.717, 1.165) is 0 Å². The van der Waals surface area contributed by atoms with Crippen LogP contribution in [0.1, 0.15) is 13.8 Å². The van der Waals surface area contributed by atoms with Crippen LogP contribution in [0.3, 0.4) is 0 Å². The number of hydrogen-bond acceptors (Lipinski definition) is 5. The van der Waals surface area contributed by atoms with Gasteiger partial charge < -0.3 is 16.4 Å². The first-order chi connectivity index (χ1) is 7.99. The Morgan fingerprint density at radius 3 is 2.76 bits per heavy atom. The van der Waals surface area contributed by atoms with E-state index in [2.05, 4.69) is 20.6 Å². The summed E-state index contributed by atoms with van der Waals surface area (Å²) in [4.78, 5) is 18.9. The van der Waals surface area contributed by atoms with E-state index in [1.54, 1.807) is 6.07 Å². The van der Waals surface area contributed by atoms with E-state index in [4.69, 9.17) is 17.3 Å². The summed E-state index contributed by atoms with van der Waals surface area (Å²) >= 11 is 5.71. The van der Waals surface area contributed by atoms with Crippen molar-refractivity contribution in [1.29, 1.82) is 0 Å². The summed E-state index contributed by atoms with van der Waals surface area (Å²) in [5.74, 6) is 0.665. The third-order valence-electron chi connectivity index (χ3n) is 1.97. The Labute approximate surface area is 105 Å². The molecule has 1 aromatic rings. The van der Waals surface area contributed by atoms with Gasteiger partial charge in [-0.2, -0.15) is 4.98 Å². The normalized spacial score (nSPS) is 10.4. The van der Waals surface area contributed by atoms with E-state index in [1.807, 2.05) is 13.8 Å². The second-order valence-corrected chi connectivity index (χ2v) is 4.19. The maximum atomic E-state index is 11.3. The number of nitrogens with one attached hydrogen (secondary N) is 2. The van der Waals surface area contributed by atoms with Gasteiger partial charge in [0.15, 0.2) is 0 Å². The van der Waals surface area contributed by atoms with Gasteiger partial charge in [-0.1, -0.05) is 25.4 Å². The van der Waals surface area contributed by atoms with E-state index in [-0.39, 0.29) is 22.9 Å². The summed E-state index contributed by atoms with van der Waals surface area (Å²) in [6, 6.07) is 1.57. The molecule has 0 aliphatic rings. The molecule has 7 heteroatoms. The first kappa shape index (κ1) is 13.5. The Hall–Kier alpha value is -1.56. The number of nitrogens with two attached hydrogens (primary N) is 1. The summed E-state index contributed by atoms with van der Waals surface area (Å²) in [6.07, 6.45) is 0. The van der Waals surface area contributed by atoms with E-state index < -0.39 is 0 Å². The number of hydrogen-bond donors (Lipinski definition) is 3. The predicted octanol–water partition coefficient (Wildman–Crippen LogP) is 0.896. The van der Waals surface area contributed by atoms with E-state index in [9.17, 15) is 4.79 Å². The number of rotatable bonds is 5. The third-order valence-corrected chi connectivity index (χ3v) is 2.16. The number of carbonyl (C=O) groups excluding carboxylic acids is 1. The van der Waals surface area contributed by atoms with Gasteiger partial charge in [0.05, 0.1) is 0 Å². The molecule has 0 fully saturated rings. The van der Waals surface area contributed by atoms with Crippen LogP contribution in [0.2, 0.25) is 5.15 Å². The van der Waals surface area contributed by atoms with E-state index in [0.29, 0.717) is 18.9 Å². The average Bonchev–Trinajstić information content (AvgIpc) is 2.22. The lowest BCUT2D eigenvalue weighted by Crippen LogP contribution is -2.32. The van der Waals surface area contributed by atoms with Crippen LogP contribution in [-0.2, 0) is 4.79 Å². The molecule has 94 valence electrons. The Morgan fingerprint density at radius 2 is 2.18 bits per heavy atom. The largest absolute Gasteiger partial charge is 0.368 e. The van der Waals surface area contributed by atoms with Gasteiger partial charge in [0, 0.05) is 25.1 Å². The van der Waals surface area contributed by atoms with Crippen molar-refractivity contribution in [2.45, 2.75) is 13.8 Å². The van der Waals surface area contributed by atoms with Gasteiger partial charge in [0.1, 0.15) is 11.0 Å². The lowest BCUT2D eigenvalue weighted by atomic mass is 10.2.